The van der Waals surface area contributed by atoms with Crippen LogP contribution in [0.2, 0.25) is 0 Å². The van der Waals surface area contributed by atoms with Crippen LogP contribution in [0.15, 0.2) is 59.6 Å². The molecule has 1 heterocycles. The van der Waals surface area contributed by atoms with E-state index in [0.717, 1.165) is 49.7 Å². The van der Waals surface area contributed by atoms with Gasteiger partial charge in [-0.2, -0.15) is 0 Å². The lowest BCUT2D eigenvalue weighted by molar-refractivity contribution is 0.673. The predicted molar refractivity (Wildman–Crippen MR) is 98.2 cm³/mol. The molecular weight excluding hydrogens is 284 g/mol. The Hall–Kier alpha value is -2.33. The summed E-state index contributed by atoms with van der Waals surface area (Å²) in [7, 11) is 0. The molecule has 2 aromatic rings. The largest absolute Gasteiger partial charge is 0.383 e. The molecule has 2 aromatic carbocycles. The summed E-state index contributed by atoms with van der Waals surface area (Å²) in [5.74, 6) is 1.03. The molecule has 0 unspecified atom stereocenters. The fraction of sp³-hybridized carbons (Fsp3) is 0.316. The average molecular weight is 308 g/mol. The predicted octanol–water partition coefficient (Wildman–Crippen LogP) is 3.49. The van der Waals surface area contributed by atoms with Gasteiger partial charge < -0.3 is 16.0 Å². The highest BCUT2D eigenvalue weighted by Gasteiger charge is 2.06. The highest BCUT2D eigenvalue weighted by atomic mass is 15.0. The normalized spacial score (nSPS) is 17.5. The first kappa shape index (κ1) is 15.6. The zero-order valence-electron chi connectivity index (χ0n) is 13.4. The fourth-order valence-corrected chi connectivity index (χ4v) is 2.62. The first-order valence-corrected chi connectivity index (χ1v) is 8.30. The number of anilines is 2. The number of amidine groups is 1. The minimum absolute atomic E-state index is 0.707. The van der Waals surface area contributed by atoms with Crippen molar-refractivity contribution in [2.75, 3.05) is 30.3 Å². The molecule has 0 bridgehead atoms. The van der Waals surface area contributed by atoms with Gasteiger partial charge in [-0.25, -0.2) is 0 Å². The summed E-state index contributed by atoms with van der Waals surface area (Å²) in [4.78, 5) is 4.79. The van der Waals surface area contributed by atoms with Crippen molar-refractivity contribution in [1.82, 2.24) is 5.32 Å². The molecule has 0 saturated carbocycles. The number of fused-ring (bicyclic) bond motifs is 1. The third-order valence-electron chi connectivity index (χ3n) is 3.89. The van der Waals surface area contributed by atoms with Gasteiger partial charge in [0.05, 0.1) is 17.9 Å². The van der Waals surface area contributed by atoms with Gasteiger partial charge in [-0.15, -0.1) is 0 Å². The molecule has 0 saturated heterocycles. The molecule has 0 amide bonds. The number of hydrogen-bond acceptors (Lipinski definition) is 3. The molecule has 4 nitrogen and oxygen atoms in total. The van der Waals surface area contributed by atoms with E-state index in [9.17, 15) is 0 Å². The lowest BCUT2D eigenvalue weighted by Gasteiger charge is -2.14. The minimum atomic E-state index is 0.707. The molecule has 4 heteroatoms. The molecule has 1 aliphatic heterocycles. The summed E-state index contributed by atoms with van der Waals surface area (Å²) in [5.41, 5.74) is 3.47. The van der Waals surface area contributed by atoms with Crippen LogP contribution in [0.3, 0.4) is 0 Å². The maximum Gasteiger partial charge on any atom is 0.102 e. The number of benzene rings is 2. The van der Waals surface area contributed by atoms with Crippen molar-refractivity contribution in [3.63, 3.8) is 0 Å². The van der Waals surface area contributed by atoms with E-state index in [1.807, 2.05) is 6.07 Å². The van der Waals surface area contributed by atoms with Crippen LogP contribution in [0.1, 0.15) is 18.4 Å². The van der Waals surface area contributed by atoms with Crippen LogP contribution in [-0.2, 0) is 6.54 Å². The molecule has 0 spiro atoms. The Morgan fingerprint density at radius 2 is 1.61 bits per heavy atom. The van der Waals surface area contributed by atoms with Crippen LogP contribution in [0.25, 0.3) is 0 Å². The average Bonchev–Trinajstić information content (AvgIpc) is 2.64. The molecular formula is C19H24N4. The highest BCUT2D eigenvalue weighted by Crippen LogP contribution is 2.21. The van der Waals surface area contributed by atoms with Gasteiger partial charge in [-0.05, 0) is 30.7 Å². The van der Waals surface area contributed by atoms with E-state index in [4.69, 9.17) is 4.99 Å². The Labute approximate surface area is 138 Å². The van der Waals surface area contributed by atoms with Crippen LogP contribution >= 0.6 is 0 Å². The second-order valence-electron chi connectivity index (χ2n) is 5.70. The summed E-state index contributed by atoms with van der Waals surface area (Å²) < 4.78 is 0. The number of aliphatic imine (C=N–C) groups is 1. The SMILES string of the molecule is c1ccc(CN=C2CCNCCCNc3ccccc3N2)cc1. The van der Waals surface area contributed by atoms with Crippen molar-refractivity contribution in [3.05, 3.63) is 60.2 Å². The molecule has 23 heavy (non-hydrogen) atoms. The number of hydrogen-bond donors (Lipinski definition) is 3. The Kier molecular flexibility index (Phi) is 5.64. The maximum absolute atomic E-state index is 4.79. The van der Waals surface area contributed by atoms with Gasteiger partial charge >= 0.3 is 0 Å². The highest BCUT2D eigenvalue weighted by molar-refractivity contribution is 5.98. The van der Waals surface area contributed by atoms with Gasteiger partial charge in [0.2, 0.25) is 0 Å². The zero-order valence-corrected chi connectivity index (χ0v) is 13.4. The van der Waals surface area contributed by atoms with Crippen molar-refractivity contribution in [2.24, 2.45) is 4.99 Å². The second kappa shape index (κ2) is 8.34. The minimum Gasteiger partial charge on any atom is -0.383 e. The standard InChI is InChI=1S/C19H24N4/c1-2-7-16(8-3-1)15-22-19-11-14-20-12-6-13-21-17-9-4-5-10-18(17)23-19/h1-5,7-10,20-21H,6,11-15H2,(H,22,23). The van der Waals surface area contributed by atoms with Crippen molar-refractivity contribution < 1.29 is 0 Å². The first-order valence-electron chi connectivity index (χ1n) is 8.30. The van der Waals surface area contributed by atoms with Gasteiger partial charge in [0.15, 0.2) is 0 Å². The summed E-state index contributed by atoms with van der Waals surface area (Å²) in [6.45, 7) is 3.66. The quantitative estimate of drug-likeness (QED) is 0.796. The van der Waals surface area contributed by atoms with Crippen LogP contribution in [-0.4, -0.2) is 25.5 Å². The van der Waals surface area contributed by atoms with Gasteiger partial charge in [0.25, 0.3) is 0 Å². The Morgan fingerprint density at radius 3 is 2.48 bits per heavy atom. The van der Waals surface area contributed by atoms with Gasteiger partial charge in [0.1, 0.15) is 5.84 Å². The van der Waals surface area contributed by atoms with E-state index in [-0.39, 0.29) is 0 Å². The molecule has 3 rings (SSSR count). The number of nitrogens with zero attached hydrogens (tertiary/aromatic N) is 1. The lowest BCUT2D eigenvalue weighted by Crippen LogP contribution is -2.23. The van der Waals surface area contributed by atoms with Crippen LogP contribution < -0.4 is 16.0 Å². The van der Waals surface area contributed by atoms with Crippen LogP contribution in [0.5, 0.6) is 0 Å². The molecule has 0 fully saturated rings. The lowest BCUT2D eigenvalue weighted by atomic mass is 10.2. The van der Waals surface area contributed by atoms with Crippen molar-refractivity contribution in [1.29, 1.82) is 0 Å². The van der Waals surface area contributed by atoms with Crippen LogP contribution in [0.4, 0.5) is 11.4 Å². The monoisotopic (exact) mass is 308 g/mol. The third kappa shape index (κ3) is 4.83. The summed E-state index contributed by atoms with van der Waals surface area (Å²) in [6, 6.07) is 18.7. The third-order valence-corrected chi connectivity index (χ3v) is 3.89. The summed E-state index contributed by atoms with van der Waals surface area (Å²) in [6.07, 6.45) is 2.02. The summed E-state index contributed by atoms with van der Waals surface area (Å²) >= 11 is 0. The first-order chi connectivity index (χ1) is 11.4. The molecule has 1 aliphatic rings. The number of nitrogens with one attached hydrogen (secondary N) is 3. The van der Waals surface area contributed by atoms with Crippen molar-refractivity contribution >= 4 is 17.2 Å². The summed E-state index contributed by atoms with van der Waals surface area (Å²) in [5, 5.41) is 10.5. The molecule has 0 aromatic heterocycles. The van der Waals surface area contributed by atoms with Crippen molar-refractivity contribution in [3.8, 4) is 0 Å². The van der Waals surface area contributed by atoms with E-state index in [2.05, 4.69) is 64.5 Å². The Balaban J connectivity index is 1.77. The van der Waals surface area contributed by atoms with Gasteiger partial charge in [-0.1, -0.05) is 42.5 Å². The molecule has 0 atom stereocenters. The topological polar surface area (TPSA) is 48.5 Å². The molecule has 0 radical (unpaired) electrons. The zero-order chi connectivity index (χ0) is 15.7. The second-order valence-corrected chi connectivity index (χ2v) is 5.70. The number of para-hydroxylation sites is 2. The van der Waals surface area contributed by atoms with E-state index < -0.39 is 0 Å². The molecule has 0 aliphatic carbocycles. The Bertz CT molecular complexity index is 637. The van der Waals surface area contributed by atoms with E-state index in [1.165, 1.54) is 5.56 Å². The Morgan fingerprint density at radius 1 is 0.826 bits per heavy atom. The van der Waals surface area contributed by atoms with E-state index >= 15 is 0 Å². The smallest absolute Gasteiger partial charge is 0.102 e. The van der Waals surface area contributed by atoms with Crippen molar-refractivity contribution in [2.45, 2.75) is 19.4 Å². The van der Waals surface area contributed by atoms with E-state index in [1.54, 1.807) is 0 Å². The fourth-order valence-electron chi connectivity index (χ4n) is 2.62. The maximum atomic E-state index is 4.79. The molecule has 120 valence electrons. The van der Waals surface area contributed by atoms with E-state index in [0.29, 0.717) is 6.54 Å². The van der Waals surface area contributed by atoms with Gasteiger partial charge in [0, 0.05) is 19.5 Å². The molecule has 3 N–H and O–H groups in total. The number of rotatable bonds is 2. The van der Waals surface area contributed by atoms with Crippen LogP contribution in [0, 0.1) is 0 Å². The van der Waals surface area contributed by atoms with Gasteiger partial charge in [-0.3, -0.25) is 4.99 Å².